The van der Waals surface area contributed by atoms with Crippen LogP contribution in [0.4, 0.5) is 59.6 Å². The number of nitrogens with one attached hydrogen (secondary N) is 3. The number of fused-ring (bicyclic) bond motifs is 6. The fraction of sp³-hybridized carbons (Fsp3) is 0.333. The summed E-state index contributed by atoms with van der Waals surface area (Å²) in [5.74, 6) is -6.57. The van der Waals surface area contributed by atoms with E-state index in [4.69, 9.17) is 4.52 Å². The van der Waals surface area contributed by atoms with Crippen LogP contribution >= 0.6 is 0 Å². The van der Waals surface area contributed by atoms with E-state index in [9.17, 15) is 49.9 Å². The Balaban J connectivity index is 0.000000390. The molecule has 6 rings (SSSR count). The molecule has 1 saturated heterocycles. The number of likely N-dealkylation sites (tertiary alicyclic amines) is 1. The first-order chi connectivity index (χ1) is 25.0. The highest BCUT2D eigenvalue weighted by Crippen LogP contribution is 2.29. The van der Waals surface area contributed by atoms with Gasteiger partial charge in [-0.05, 0) is 73.9 Å². The molecule has 20 heteroatoms. The number of ketones is 2. The minimum absolute atomic E-state index is 0.0390. The van der Waals surface area contributed by atoms with Gasteiger partial charge < -0.3 is 25.4 Å². The van der Waals surface area contributed by atoms with Crippen molar-refractivity contribution in [3.63, 3.8) is 0 Å². The van der Waals surface area contributed by atoms with Crippen molar-refractivity contribution in [2.24, 2.45) is 5.92 Å². The summed E-state index contributed by atoms with van der Waals surface area (Å²) in [4.78, 5) is 59.4. The van der Waals surface area contributed by atoms with Crippen molar-refractivity contribution in [2.75, 3.05) is 29.0 Å². The third-order valence-electron chi connectivity index (χ3n) is 8.06. The van der Waals surface area contributed by atoms with Crippen LogP contribution in [0.3, 0.4) is 0 Å². The third kappa shape index (κ3) is 10.1. The molecule has 13 nitrogen and oxygen atoms in total. The highest BCUT2D eigenvalue weighted by molar-refractivity contribution is 6.41. The minimum atomic E-state index is -5.77. The quantitative estimate of drug-likeness (QED) is 0.161. The maximum Gasteiger partial charge on any atom is 0.458 e. The lowest BCUT2D eigenvalue weighted by Crippen LogP contribution is -2.39. The maximum atomic E-state index is 14.5. The number of hydrogen-bond acceptors (Lipinski definition) is 11. The Bertz CT molecular complexity index is 1990. The van der Waals surface area contributed by atoms with Crippen LogP contribution in [0.25, 0.3) is 0 Å². The van der Waals surface area contributed by atoms with Gasteiger partial charge in [0.1, 0.15) is 5.76 Å². The van der Waals surface area contributed by atoms with E-state index in [-0.39, 0.29) is 29.5 Å². The number of rotatable bonds is 5. The highest BCUT2D eigenvalue weighted by atomic mass is 19.4. The predicted molar refractivity (Wildman–Crippen MR) is 172 cm³/mol. The molecule has 2 amide bonds. The molecule has 2 aliphatic heterocycles. The first-order valence-corrected chi connectivity index (χ1v) is 15.8. The van der Waals surface area contributed by atoms with E-state index >= 15 is 0 Å². The standard InChI is InChI=1S/C29H29FN8O3.C4F6O2/c1-17-10-25(37-41-17)28(40)38-8-6-18(7-9-38)12-26(39)35-24-5-4-21-13-20(24)3-2-19-11-22(15-31-14-19)34-29-32-16-23(30)27(33-21)36-29;5-3(6,7)1(11)2(12)4(8,9)10/h4-5,10-11,13-16,18H,2-3,6-9,12H2,1H3,(H,35,39)(H2,32,33,34,36);. The Kier molecular flexibility index (Phi) is 11.4. The monoisotopic (exact) mass is 750 g/mol. The number of aryl methyl sites for hydroxylation is 3. The van der Waals surface area contributed by atoms with Crippen molar-refractivity contribution < 1.29 is 54.4 Å². The molecule has 2 aliphatic rings. The van der Waals surface area contributed by atoms with E-state index in [0.717, 1.165) is 30.2 Å². The Hall–Kier alpha value is -5.95. The molecule has 0 unspecified atom stereocenters. The number of alkyl halides is 6. The number of hydrogen-bond donors (Lipinski definition) is 3. The minimum Gasteiger partial charge on any atom is -0.361 e. The second-order valence-electron chi connectivity index (χ2n) is 12.1. The largest absolute Gasteiger partial charge is 0.458 e. The number of nitrogens with zero attached hydrogens (tertiary/aromatic N) is 5. The van der Waals surface area contributed by atoms with Crippen LogP contribution in [0.5, 0.6) is 0 Å². The summed E-state index contributed by atoms with van der Waals surface area (Å²) >= 11 is 0. The molecule has 4 aromatic rings. The van der Waals surface area contributed by atoms with Gasteiger partial charge in [-0.1, -0.05) is 5.16 Å². The van der Waals surface area contributed by atoms with Crippen LogP contribution in [0.15, 0.2) is 53.4 Å². The topological polar surface area (TPSA) is 172 Å². The average molecular weight is 751 g/mol. The van der Waals surface area contributed by atoms with Crippen LogP contribution in [-0.2, 0) is 27.2 Å². The van der Waals surface area contributed by atoms with Crippen LogP contribution in [0.1, 0.15) is 46.6 Å². The number of halogens is 7. The van der Waals surface area contributed by atoms with Crippen molar-refractivity contribution in [2.45, 2.75) is 51.4 Å². The van der Waals surface area contributed by atoms with Gasteiger partial charge in [0, 0.05) is 43.1 Å². The molecule has 0 spiro atoms. The average Bonchev–Trinajstić information content (AvgIpc) is 3.54. The summed E-state index contributed by atoms with van der Waals surface area (Å²) in [5, 5.41) is 13.0. The summed E-state index contributed by atoms with van der Waals surface area (Å²) in [5.41, 5.74) is 4.25. The van der Waals surface area contributed by atoms with Gasteiger partial charge in [0.15, 0.2) is 17.3 Å². The van der Waals surface area contributed by atoms with Gasteiger partial charge in [-0.3, -0.25) is 24.2 Å². The van der Waals surface area contributed by atoms with Gasteiger partial charge in [-0.15, -0.1) is 0 Å². The highest BCUT2D eigenvalue weighted by Gasteiger charge is 2.54. The third-order valence-corrected chi connectivity index (χ3v) is 8.06. The zero-order valence-electron chi connectivity index (χ0n) is 27.6. The Morgan fingerprint density at radius 2 is 1.60 bits per heavy atom. The molecule has 3 N–H and O–H groups in total. The van der Waals surface area contributed by atoms with Crippen molar-refractivity contribution in [3.05, 3.63) is 77.3 Å². The smallest absolute Gasteiger partial charge is 0.361 e. The first kappa shape index (κ1) is 38.3. The number of piperidine rings is 1. The van der Waals surface area contributed by atoms with E-state index in [1.165, 1.54) is 0 Å². The zero-order chi connectivity index (χ0) is 38.5. The lowest BCUT2D eigenvalue weighted by atomic mass is 9.93. The van der Waals surface area contributed by atoms with Crippen molar-refractivity contribution in [1.29, 1.82) is 0 Å². The van der Waals surface area contributed by atoms with Crippen molar-refractivity contribution >= 4 is 52.2 Å². The van der Waals surface area contributed by atoms with E-state index in [1.807, 2.05) is 18.2 Å². The summed E-state index contributed by atoms with van der Waals surface area (Å²) < 4.78 is 86.5. The van der Waals surface area contributed by atoms with Crippen molar-refractivity contribution in [1.82, 2.24) is 25.0 Å². The molecule has 0 radical (unpaired) electrons. The molecule has 5 heterocycles. The summed E-state index contributed by atoms with van der Waals surface area (Å²) in [6.45, 7) is 2.89. The zero-order valence-corrected chi connectivity index (χ0v) is 27.6. The number of carbonyl (C=O) groups excluding carboxylic acids is 4. The van der Waals surface area contributed by atoms with E-state index in [1.54, 1.807) is 36.4 Å². The number of Topliss-reactive ketones (excluding diaryl/α,β-unsaturated/α-hetero) is 2. The summed E-state index contributed by atoms with van der Waals surface area (Å²) in [7, 11) is 0. The fourth-order valence-corrected chi connectivity index (χ4v) is 5.44. The van der Waals surface area contributed by atoms with Crippen LogP contribution in [-0.4, -0.2) is 73.8 Å². The Morgan fingerprint density at radius 3 is 2.25 bits per heavy atom. The lowest BCUT2D eigenvalue weighted by Gasteiger charge is -2.31. The fourth-order valence-electron chi connectivity index (χ4n) is 5.44. The number of anilines is 5. The number of benzene rings is 1. The summed E-state index contributed by atoms with van der Waals surface area (Å²) in [6, 6.07) is 9.09. The molecule has 6 bridgehead atoms. The van der Waals surface area contributed by atoms with Crippen LogP contribution in [0, 0.1) is 18.7 Å². The normalized spacial score (nSPS) is 14.5. The van der Waals surface area contributed by atoms with Gasteiger partial charge in [0.25, 0.3) is 5.91 Å². The molecule has 3 aromatic heterocycles. The van der Waals surface area contributed by atoms with Gasteiger partial charge in [0.05, 0.1) is 18.1 Å². The van der Waals surface area contributed by atoms with Gasteiger partial charge in [0.2, 0.25) is 11.9 Å². The molecular formula is C33H29F7N8O5. The SMILES string of the molecule is Cc1cc(C(=O)N2CCC(CC(=O)Nc3ccc4cc3CCc3cncc(c3)Nc3ncc(F)c(n3)N4)CC2)no1.O=C(C(=O)C(F)(F)F)C(F)(F)F. The van der Waals surface area contributed by atoms with Gasteiger partial charge in [-0.25, -0.2) is 9.37 Å². The molecule has 0 aliphatic carbocycles. The van der Waals surface area contributed by atoms with Gasteiger partial charge in [-0.2, -0.15) is 31.3 Å². The number of pyridine rings is 1. The number of amides is 2. The van der Waals surface area contributed by atoms with E-state index in [0.29, 0.717) is 60.9 Å². The van der Waals surface area contributed by atoms with E-state index in [2.05, 4.69) is 36.1 Å². The Morgan fingerprint density at radius 1 is 0.906 bits per heavy atom. The Labute approximate surface area is 295 Å². The number of aromatic nitrogens is 4. The molecule has 280 valence electrons. The molecule has 53 heavy (non-hydrogen) atoms. The molecule has 1 aromatic carbocycles. The predicted octanol–water partition coefficient (Wildman–Crippen LogP) is 6.02. The lowest BCUT2D eigenvalue weighted by molar-refractivity contribution is -0.193. The van der Waals surface area contributed by atoms with E-state index < -0.39 is 29.7 Å². The van der Waals surface area contributed by atoms with Crippen LogP contribution < -0.4 is 16.0 Å². The molecule has 0 atom stereocenters. The summed E-state index contributed by atoms with van der Waals surface area (Å²) in [6.07, 6.45) is -3.85. The number of carbonyl (C=O) groups is 4. The molecular weight excluding hydrogens is 721 g/mol. The second-order valence-corrected chi connectivity index (χ2v) is 12.1. The maximum absolute atomic E-state index is 14.5. The first-order valence-electron chi connectivity index (χ1n) is 15.8. The molecule has 0 saturated carbocycles. The van der Waals surface area contributed by atoms with Crippen molar-refractivity contribution in [3.8, 4) is 0 Å². The molecule has 1 fully saturated rings. The second kappa shape index (κ2) is 15.7. The van der Waals surface area contributed by atoms with Gasteiger partial charge >= 0.3 is 23.9 Å². The van der Waals surface area contributed by atoms with Crippen LogP contribution in [0.2, 0.25) is 0 Å².